The second-order valence-electron chi connectivity index (χ2n) is 3.23. The zero-order chi connectivity index (χ0) is 11.4. The number of nitrogens with two attached hydrogens (primary N) is 1. The van der Waals surface area contributed by atoms with Crippen LogP contribution < -0.4 is 10.5 Å². The number of hydrogen-bond donors (Lipinski definition) is 1. The fourth-order valence-electron chi connectivity index (χ4n) is 1.21. The number of ether oxygens (including phenoxy) is 1. The average molecular weight is 283 g/mol. The van der Waals surface area contributed by atoms with Crippen molar-refractivity contribution < 1.29 is 9.26 Å². The monoisotopic (exact) mass is 282 g/mol. The van der Waals surface area contributed by atoms with E-state index >= 15 is 0 Å². The van der Waals surface area contributed by atoms with Gasteiger partial charge in [-0.1, -0.05) is 21.1 Å². The second-order valence-corrected chi connectivity index (χ2v) is 4.15. The maximum atomic E-state index is 5.51. The Morgan fingerprint density at radius 2 is 2.06 bits per heavy atom. The second kappa shape index (κ2) is 5.14. The van der Waals surface area contributed by atoms with E-state index in [0.717, 1.165) is 15.9 Å². The molecule has 0 aliphatic carbocycles. The van der Waals surface area contributed by atoms with E-state index in [1.165, 1.54) is 0 Å². The van der Waals surface area contributed by atoms with Gasteiger partial charge in [0.25, 0.3) is 0 Å². The van der Waals surface area contributed by atoms with Crippen LogP contribution in [-0.2, 0) is 13.2 Å². The molecule has 16 heavy (non-hydrogen) atoms. The third-order valence-corrected chi connectivity index (χ3v) is 2.54. The molecule has 5 heteroatoms. The van der Waals surface area contributed by atoms with Crippen LogP contribution in [0.4, 0.5) is 0 Å². The zero-order valence-corrected chi connectivity index (χ0v) is 10.1. The molecular weight excluding hydrogens is 272 g/mol. The van der Waals surface area contributed by atoms with Crippen molar-refractivity contribution in [2.24, 2.45) is 5.73 Å². The lowest BCUT2D eigenvalue weighted by Gasteiger charge is -2.02. The van der Waals surface area contributed by atoms with Crippen LogP contribution >= 0.6 is 15.9 Å². The highest BCUT2D eigenvalue weighted by Crippen LogP contribution is 2.17. The summed E-state index contributed by atoms with van der Waals surface area (Å²) in [6, 6.07) is 9.38. The number of nitrogens with zero attached hydrogens (tertiary/aromatic N) is 1. The van der Waals surface area contributed by atoms with E-state index in [-0.39, 0.29) is 0 Å². The first-order valence-corrected chi connectivity index (χ1v) is 5.60. The summed E-state index contributed by atoms with van der Waals surface area (Å²) in [5, 5.41) is 3.77. The van der Waals surface area contributed by atoms with Crippen LogP contribution in [0.2, 0.25) is 0 Å². The van der Waals surface area contributed by atoms with Gasteiger partial charge >= 0.3 is 0 Å². The molecule has 1 aromatic carbocycles. The summed E-state index contributed by atoms with van der Waals surface area (Å²) in [6.45, 7) is 0.733. The Kier molecular flexibility index (Phi) is 3.58. The van der Waals surface area contributed by atoms with Gasteiger partial charge < -0.3 is 15.0 Å². The molecule has 1 heterocycles. The standard InChI is InChI=1S/C11H11BrN2O2/c12-8-1-3-10(4-2-8)15-7-11-5-9(6-13)14-16-11/h1-5H,6-7,13H2. The Hall–Kier alpha value is -1.33. The smallest absolute Gasteiger partial charge is 0.174 e. The first kappa shape index (κ1) is 11.2. The van der Waals surface area contributed by atoms with Crippen LogP contribution in [0, 0.1) is 0 Å². The molecule has 0 spiro atoms. The van der Waals surface area contributed by atoms with Crippen molar-refractivity contribution in [3.63, 3.8) is 0 Å². The van der Waals surface area contributed by atoms with Crippen LogP contribution in [0.15, 0.2) is 39.3 Å². The lowest BCUT2D eigenvalue weighted by atomic mass is 10.3. The van der Waals surface area contributed by atoms with Gasteiger partial charge in [-0.3, -0.25) is 0 Å². The molecule has 4 nitrogen and oxygen atoms in total. The topological polar surface area (TPSA) is 61.3 Å². The molecule has 1 aromatic heterocycles. The molecule has 0 aliphatic rings. The van der Waals surface area contributed by atoms with Gasteiger partial charge in [0.2, 0.25) is 0 Å². The molecule has 2 aromatic rings. The van der Waals surface area contributed by atoms with Crippen molar-refractivity contribution in [1.82, 2.24) is 5.16 Å². The minimum absolute atomic E-state index is 0.356. The molecule has 2 N–H and O–H groups in total. The number of benzene rings is 1. The van der Waals surface area contributed by atoms with E-state index in [1.807, 2.05) is 24.3 Å². The summed E-state index contributed by atoms with van der Waals surface area (Å²) in [5.41, 5.74) is 6.15. The van der Waals surface area contributed by atoms with Gasteiger partial charge in [0, 0.05) is 17.1 Å². The lowest BCUT2D eigenvalue weighted by Crippen LogP contribution is -1.95. The zero-order valence-electron chi connectivity index (χ0n) is 8.52. The number of rotatable bonds is 4. The van der Waals surface area contributed by atoms with Crippen molar-refractivity contribution in [2.45, 2.75) is 13.2 Å². The maximum absolute atomic E-state index is 5.51. The molecule has 84 valence electrons. The molecular formula is C11H11BrN2O2. The summed E-state index contributed by atoms with van der Waals surface area (Å²) >= 11 is 3.36. The summed E-state index contributed by atoms with van der Waals surface area (Å²) in [4.78, 5) is 0. The normalized spacial score (nSPS) is 10.4. The Balaban J connectivity index is 1.94. The molecule has 0 saturated heterocycles. The highest BCUT2D eigenvalue weighted by molar-refractivity contribution is 9.10. The SMILES string of the molecule is NCc1cc(COc2ccc(Br)cc2)on1. The van der Waals surface area contributed by atoms with Crippen LogP contribution in [0.1, 0.15) is 11.5 Å². The number of aromatic nitrogens is 1. The third-order valence-electron chi connectivity index (χ3n) is 2.01. The third kappa shape index (κ3) is 2.84. The van der Waals surface area contributed by atoms with Gasteiger partial charge in [0.15, 0.2) is 5.76 Å². The predicted molar refractivity (Wildman–Crippen MR) is 62.9 cm³/mol. The predicted octanol–water partition coefficient (Wildman–Crippen LogP) is 2.47. The molecule has 0 bridgehead atoms. The fraction of sp³-hybridized carbons (Fsp3) is 0.182. The Bertz CT molecular complexity index is 453. The Morgan fingerprint density at radius 3 is 2.69 bits per heavy atom. The van der Waals surface area contributed by atoms with E-state index in [9.17, 15) is 0 Å². The van der Waals surface area contributed by atoms with Crippen LogP contribution in [0.5, 0.6) is 5.75 Å². The minimum Gasteiger partial charge on any atom is -0.486 e. The summed E-state index contributed by atoms with van der Waals surface area (Å²) < 4.78 is 11.6. The highest BCUT2D eigenvalue weighted by Gasteiger charge is 2.03. The molecule has 0 atom stereocenters. The summed E-state index contributed by atoms with van der Waals surface area (Å²) in [6.07, 6.45) is 0. The van der Waals surface area contributed by atoms with Crippen LogP contribution in [0.3, 0.4) is 0 Å². The van der Waals surface area contributed by atoms with Gasteiger partial charge in [-0.15, -0.1) is 0 Å². The minimum atomic E-state index is 0.356. The molecule has 0 fully saturated rings. The highest BCUT2D eigenvalue weighted by atomic mass is 79.9. The molecule has 0 aliphatic heterocycles. The molecule has 0 radical (unpaired) electrons. The Labute approximate surface area is 102 Å². The average Bonchev–Trinajstić information content (AvgIpc) is 2.76. The van der Waals surface area contributed by atoms with E-state index in [2.05, 4.69) is 21.1 Å². The quantitative estimate of drug-likeness (QED) is 0.936. The van der Waals surface area contributed by atoms with Crippen molar-refractivity contribution in [3.8, 4) is 5.75 Å². The molecule has 2 rings (SSSR count). The number of hydrogen-bond acceptors (Lipinski definition) is 4. The van der Waals surface area contributed by atoms with E-state index in [0.29, 0.717) is 18.9 Å². The van der Waals surface area contributed by atoms with E-state index < -0.39 is 0 Å². The summed E-state index contributed by atoms with van der Waals surface area (Å²) in [7, 11) is 0. The van der Waals surface area contributed by atoms with Crippen molar-refractivity contribution in [2.75, 3.05) is 0 Å². The van der Waals surface area contributed by atoms with Gasteiger partial charge in [-0.05, 0) is 24.3 Å². The number of halogens is 1. The molecule has 0 unspecified atom stereocenters. The Morgan fingerprint density at radius 1 is 1.31 bits per heavy atom. The van der Waals surface area contributed by atoms with E-state index in [4.69, 9.17) is 15.0 Å². The molecule has 0 saturated carbocycles. The molecule has 0 amide bonds. The summed E-state index contributed by atoms with van der Waals surface area (Å²) in [5.74, 6) is 1.46. The van der Waals surface area contributed by atoms with Crippen molar-refractivity contribution in [3.05, 3.63) is 46.3 Å². The first-order valence-electron chi connectivity index (χ1n) is 4.81. The van der Waals surface area contributed by atoms with E-state index in [1.54, 1.807) is 6.07 Å². The van der Waals surface area contributed by atoms with Crippen LogP contribution in [-0.4, -0.2) is 5.16 Å². The fourth-order valence-corrected chi connectivity index (χ4v) is 1.47. The van der Waals surface area contributed by atoms with Gasteiger partial charge in [-0.2, -0.15) is 0 Å². The largest absolute Gasteiger partial charge is 0.486 e. The van der Waals surface area contributed by atoms with Gasteiger partial charge in [-0.25, -0.2) is 0 Å². The van der Waals surface area contributed by atoms with Crippen LogP contribution in [0.25, 0.3) is 0 Å². The van der Waals surface area contributed by atoms with Gasteiger partial charge in [0.05, 0.1) is 5.69 Å². The maximum Gasteiger partial charge on any atom is 0.174 e. The van der Waals surface area contributed by atoms with Crippen molar-refractivity contribution in [1.29, 1.82) is 0 Å². The first-order chi connectivity index (χ1) is 7.78. The lowest BCUT2D eigenvalue weighted by molar-refractivity contribution is 0.248. The van der Waals surface area contributed by atoms with Gasteiger partial charge in [0.1, 0.15) is 12.4 Å². The van der Waals surface area contributed by atoms with Crippen molar-refractivity contribution >= 4 is 15.9 Å².